The van der Waals surface area contributed by atoms with Crippen molar-refractivity contribution in [1.82, 2.24) is 5.32 Å². The first kappa shape index (κ1) is 28.9. The highest BCUT2D eigenvalue weighted by atomic mass is 35.5. The molecule has 1 fully saturated rings. The van der Waals surface area contributed by atoms with Crippen molar-refractivity contribution >= 4 is 18.4 Å². The van der Waals surface area contributed by atoms with E-state index in [-0.39, 0.29) is 37.3 Å². The fourth-order valence-electron chi connectivity index (χ4n) is 4.40. The van der Waals surface area contributed by atoms with Gasteiger partial charge in [-0.15, -0.1) is 12.4 Å². The van der Waals surface area contributed by atoms with Gasteiger partial charge < -0.3 is 14.8 Å². The number of carbonyl (C=O) groups is 1. The zero-order valence-corrected chi connectivity index (χ0v) is 19.7. The molecular formula is C24H26ClF6NO3. The molecule has 1 aliphatic rings. The first-order chi connectivity index (χ1) is 15.9. The van der Waals surface area contributed by atoms with Crippen LogP contribution >= 0.6 is 12.4 Å². The van der Waals surface area contributed by atoms with Crippen LogP contribution in [0.5, 0.6) is 0 Å². The van der Waals surface area contributed by atoms with Crippen molar-refractivity contribution in [3.05, 3.63) is 70.8 Å². The van der Waals surface area contributed by atoms with Crippen LogP contribution in [-0.4, -0.2) is 32.3 Å². The van der Waals surface area contributed by atoms with Crippen LogP contribution in [0.4, 0.5) is 26.3 Å². The van der Waals surface area contributed by atoms with E-state index in [0.29, 0.717) is 25.9 Å². The minimum absolute atomic E-state index is 0. The SMILES string of the molecule is CC(=O)OCCOC(c1cc(C(F)(F)F)cc(C(F)(F)F)c1)C1(c2ccccc2)CCNCC1.Cl. The molecule has 1 N–H and O–H groups in total. The first-order valence-corrected chi connectivity index (χ1v) is 10.7. The van der Waals surface area contributed by atoms with E-state index in [4.69, 9.17) is 9.47 Å². The van der Waals surface area contributed by atoms with Crippen LogP contribution in [0.1, 0.15) is 48.1 Å². The number of esters is 1. The molecule has 0 amide bonds. The van der Waals surface area contributed by atoms with Crippen LogP contribution in [0.25, 0.3) is 0 Å². The normalized spacial score (nSPS) is 16.8. The Hall–Kier alpha value is -2.30. The number of piperidine rings is 1. The number of halogens is 7. The molecule has 3 rings (SSSR count). The molecule has 0 radical (unpaired) electrons. The Labute approximate surface area is 205 Å². The Balaban J connectivity index is 0.00000432. The van der Waals surface area contributed by atoms with E-state index in [1.54, 1.807) is 30.3 Å². The molecule has 0 saturated carbocycles. The molecule has 2 aromatic rings. The van der Waals surface area contributed by atoms with Gasteiger partial charge in [-0.05, 0) is 55.3 Å². The summed E-state index contributed by atoms with van der Waals surface area (Å²) >= 11 is 0. The van der Waals surface area contributed by atoms with E-state index in [0.717, 1.165) is 17.7 Å². The van der Waals surface area contributed by atoms with Crippen LogP contribution in [0, 0.1) is 0 Å². The maximum Gasteiger partial charge on any atom is 0.416 e. The number of carbonyl (C=O) groups excluding carboxylic acids is 1. The molecule has 35 heavy (non-hydrogen) atoms. The molecule has 11 heteroatoms. The summed E-state index contributed by atoms with van der Waals surface area (Å²) in [4.78, 5) is 11.1. The highest BCUT2D eigenvalue weighted by molar-refractivity contribution is 5.85. The number of benzene rings is 2. The second kappa shape index (κ2) is 11.6. The lowest BCUT2D eigenvalue weighted by Gasteiger charge is -2.44. The van der Waals surface area contributed by atoms with Gasteiger partial charge in [0.25, 0.3) is 0 Å². The highest BCUT2D eigenvalue weighted by Crippen LogP contribution is 2.48. The fourth-order valence-corrected chi connectivity index (χ4v) is 4.40. The minimum Gasteiger partial charge on any atom is -0.463 e. The van der Waals surface area contributed by atoms with Gasteiger partial charge in [0.05, 0.1) is 23.8 Å². The molecule has 0 aliphatic carbocycles. The Morgan fingerprint density at radius 1 is 0.943 bits per heavy atom. The number of ether oxygens (including phenoxy) is 2. The van der Waals surface area contributed by atoms with Crippen molar-refractivity contribution in [2.45, 2.75) is 43.6 Å². The van der Waals surface area contributed by atoms with Gasteiger partial charge in [-0.1, -0.05) is 30.3 Å². The Morgan fingerprint density at radius 3 is 1.97 bits per heavy atom. The maximum atomic E-state index is 13.6. The minimum atomic E-state index is -4.98. The monoisotopic (exact) mass is 525 g/mol. The van der Waals surface area contributed by atoms with Crippen molar-refractivity contribution < 1.29 is 40.6 Å². The third kappa shape index (κ3) is 7.11. The van der Waals surface area contributed by atoms with E-state index in [1.165, 1.54) is 6.92 Å². The molecular weight excluding hydrogens is 500 g/mol. The van der Waals surface area contributed by atoms with Gasteiger partial charge in [-0.25, -0.2) is 0 Å². The molecule has 4 nitrogen and oxygen atoms in total. The van der Waals surface area contributed by atoms with Crippen molar-refractivity contribution in [3.8, 4) is 0 Å². The van der Waals surface area contributed by atoms with Crippen LogP contribution in [0.2, 0.25) is 0 Å². The van der Waals surface area contributed by atoms with Crippen molar-refractivity contribution in [3.63, 3.8) is 0 Å². The topological polar surface area (TPSA) is 47.6 Å². The molecule has 1 heterocycles. The summed E-state index contributed by atoms with van der Waals surface area (Å²) in [5.41, 5.74) is -3.17. The second-order valence-electron chi connectivity index (χ2n) is 8.20. The standard InChI is InChI=1S/C24H25F6NO3.ClH/c1-16(32)33-11-12-34-21(22(7-9-31-10-8-22)18-5-3-2-4-6-18)17-13-19(23(25,26)27)15-20(14-17)24(28,29)30;/h2-6,13-15,21,31H,7-12H2,1H3;1H. The van der Waals surface area contributed by atoms with Crippen molar-refractivity contribution in [2.24, 2.45) is 0 Å². The molecule has 2 aromatic carbocycles. The van der Waals surface area contributed by atoms with E-state index < -0.39 is 41.0 Å². The number of hydrogen-bond donors (Lipinski definition) is 1. The summed E-state index contributed by atoms with van der Waals surface area (Å²) in [6, 6.07) is 10.5. The second-order valence-corrected chi connectivity index (χ2v) is 8.20. The maximum absolute atomic E-state index is 13.6. The van der Waals surface area contributed by atoms with Gasteiger partial charge in [0.1, 0.15) is 6.61 Å². The predicted octanol–water partition coefficient (Wildman–Crippen LogP) is 6.09. The summed E-state index contributed by atoms with van der Waals surface area (Å²) in [5, 5.41) is 3.18. The largest absolute Gasteiger partial charge is 0.463 e. The smallest absolute Gasteiger partial charge is 0.416 e. The van der Waals surface area contributed by atoms with E-state index >= 15 is 0 Å². The highest BCUT2D eigenvalue weighted by Gasteiger charge is 2.45. The lowest BCUT2D eigenvalue weighted by Crippen LogP contribution is -2.45. The van der Waals surface area contributed by atoms with Gasteiger partial charge in [0.15, 0.2) is 0 Å². The third-order valence-corrected chi connectivity index (χ3v) is 5.93. The lowest BCUT2D eigenvalue weighted by molar-refractivity contribution is -0.146. The van der Waals surface area contributed by atoms with Crippen LogP contribution in [-0.2, 0) is 32.0 Å². The molecule has 1 atom stereocenters. The Bertz CT molecular complexity index is 943. The molecule has 0 aromatic heterocycles. The van der Waals surface area contributed by atoms with Crippen LogP contribution in [0.15, 0.2) is 48.5 Å². The molecule has 194 valence electrons. The fraction of sp³-hybridized carbons (Fsp3) is 0.458. The van der Waals surface area contributed by atoms with Crippen LogP contribution in [0.3, 0.4) is 0 Å². The van der Waals surface area contributed by atoms with E-state index in [1.807, 2.05) is 0 Å². The van der Waals surface area contributed by atoms with Crippen molar-refractivity contribution in [2.75, 3.05) is 26.3 Å². The number of alkyl halides is 6. The lowest BCUT2D eigenvalue weighted by atomic mass is 9.67. The van der Waals surface area contributed by atoms with Gasteiger partial charge in [-0.2, -0.15) is 26.3 Å². The van der Waals surface area contributed by atoms with Gasteiger partial charge >= 0.3 is 18.3 Å². The molecule has 1 saturated heterocycles. The van der Waals surface area contributed by atoms with Gasteiger partial charge in [0.2, 0.25) is 0 Å². The summed E-state index contributed by atoms with van der Waals surface area (Å²) in [6.45, 7) is 1.83. The summed E-state index contributed by atoms with van der Waals surface area (Å²) in [5.74, 6) is -0.571. The van der Waals surface area contributed by atoms with E-state index in [2.05, 4.69) is 5.32 Å². The predicted molar refractivity (Wildman–Crippen MR) is 119 cm³/mol. The number of rotatable bonds is 7. The molecule has 1 aliphatic heterocycles. The molecule has 0 spiro atoms. The average Bonchev–Trinajstić information content (AvgIpc) is 2.78. The summed E-state index contributed by atoms with van der Waals surface area (Å²) in [6.07, 6.45) is -10.3. The van der Waals surface area contributed by atoms with E-state index in [9.17, 15) is 31.1 Å². The Morgan fingerprint density at radius 2 is 1.49 bits per heavy atom. The van der Waals surface area contributed by atoms with Crippen molar-refractivity contribution in [1.29, 1.82) is 0 Å². The zero-order chi connectivity index (χ0) is 25.0. The first-order valence-electron chi connectivity index (χ1n) is 10.7. The number of hydrogen-bond acceptors (Lipinski definition) is 4. The molecule has 1 unspecified atom stereocenters. The van der Waals surface area contributed by atoms with Gasteiger partial charge in [0, 0.05) is 12.3 Å². The average molecular weight is 526 g/mol. The van der Waals surface area contributed by atoms with Crippen LogP contribution < -0.4 is 5.32 Å². The summed E-state index contributed by atoms with van der Waals surface area (Å²) in [7, 11) is 0. The number of nitrogens with one attached hydrogen (secondary N) is 1. The van der Waals surface area contributed by atoms with Gasteiger partial charge in [-0.3, -0.25) is 4.79 Å². The Kier molecular flexibility index (Phi) is 9.61. The molecule has 0 bridgehead atoms. The third-order valence-electron chi connectivity index (χ3n) is 5.93. The summed E-state index contributed by atoms with van der Waals surface area (Å²) < 4.78 is 92.3. The quantitative estimate of drug-likeness (QED) is 0.270. The zero-order valence-electron chi connectivity index (χ0n) is 18.8.